The van der Waals surface area contributed by atoms with Gasteiger partial charge in [-0.25, -0.2) is 0 Å². The maximum absolute atomic E-state index is 5.69. The quantitative estimate of drug-likeness (QED) is 0.721. The van der Waals surface area contributed by atoms with Gasteiger partial charge in [-0.3, -0.25) is 5.32 Å². The van der Waals surface area contributed by atoms with E-state index >= 15 is 0 Å². The van der Waals surface area contributed by atoms with Gasteiger partial charge in [0.15, 0.2) is 0 Å². The highest BCUT2D eigenvalue weighted by molar-refractivity contribution is 4.77. The van der Waals surface area contributed by atoms with Gasteiger partial charge in [0.05, 0.1) is 0 Å². The number of nitrogens with one attached hydrogen (secondary N) is 1. The summed E-state index contributed by atoms with van der Waals surface area (Å²) < 4.78 is 5.69. The van der Waals surface area contributed by atoms with Crippen LogP contribution in [0.15, 0.2) is 0 Å². The average molecular weight is 198 g/mol. The molecule has 0 amide bonds. The Hall–Kier alpha value is -0.120. The lowest BCUT2D eigenvalue weighted by Gasteiger charge is -2.36. The molecule has 0 aromatic rings. The summed E-state index contributed by atoms with van der Waals surface area (Å²) >= 11 is 0. The standard InChI is InChI=1S/C11H22N2O/c1-13-7-3-2-5-10(13)9-11-12-6-4-8-14-11/h10-12H,2-9H2,1H3. The highest BCUT2D eigenvalue weighted by Crippen LogP contribution is 2.20. The zero-order valence-electron chi connectivity index (χ0n) is 9.17. The number of likely N-dealkylation sites (tertiary alicyclic amines) is 1. The Morgan fingerprint density at radius 3 is 3.00 bits per heavy atom. The fraction of sp³-hybridized carbons (Fsp3) is 1.00. The molecule has 2 fully saturated rings. The van der Waals surface area contributed by atoms with E-state index in [2.05, 4.69) is 17.3 Å². The van der Waals surface area contributed by atoms with Crippen LogP contribution in [0.2, 0.25) is 0 Å². The Balaban J connectivity index is 1.76. The first kappa shape index (κ1) is 10.4. The second-order valence-corrected chi connectivity index (χ2v) is 4.53. The fourth-order valence-electron chi connectivity index (χ4n) is 2.46. The zero-order valence-corrected chi connectivity index (χ0v) is 9.17. The molecular weight excluding hydrogens is 176 g/mol. The molecule has 2 atom stereocenters. The van der Waals surface area contributed by atoms with Gasteiger partial charge in [0.1, 0.15) is 6.23 Å². The number of hydrogen-bond acceptors (Lipinski definition) is 3. The van der Waals surface area contributed by atoms with E-state index in [9.17, 15) is 0 Å². The first-order valence-electron chi connectivity index (χ1n) is 5.91. The molecule has 1 N–H and O–H groups in total. The number of ether oxygens (including phenoxy) is 1. The van der Waals surface area contributed by atoms with Gasteiger partial charge < -0.3 is 9.64 Å². The van der Waals surface area contributed by atoms with Crippen LogP contribution in [-0.4, -0.2) is 43.9 Å². The molecule has 82 valence electrons. The van der Waals surface area contributed by atoms with Crippen molar-refractivity contribution in [1.29, 1.82) is 0 Å². The molecule has 3 nitrogen and oxygen atoms in total. The van der Waals surface area contributed by atoms with E-state index in [-0.39, 0.29) is 0 Å². The summed E-state index contributed by atoms with van der Waals surface area (Å²) in [6.45, 7) is 3.33. The van der Waals surface area contributed by atoms with Crippen molar-refractivity contribution in [2.24, 2.45) is 0 Å². The van der Waals surface area contributed by atoms with Gasteiger partial charge in [-0.1, -0.05) is 6.42 Å². The Labute approximate surface area is 86.8 Å². The third-order valence-electron chi connectivity index (χ3n) is 3.42. The molecule has 2 rings (SSSR count). The molecule has 2 saturated heterocycles. The predicted molar refractivity (Wildman–Crippen MR) is 57.2 cm³/mol. The van der Waals surface area contributed by atoms with Crippen molar-refractivity contribution in [3.63, 3.8) is 0 Å². The summed E-state index contributed by atoms with van der Waals surface area (Å²) in [4.78, 5) is 2.49. The lowest BCUT2D eigenvalue weighted by atomic mass is 9.99. The van der Waals surface area contributed by atoms with Gasteiger partial charge in [0.2, 0.25) is 0 Å². The molecule has 2 unspecified atom stereocenters. The minimum Gasteiger partial charge on any atom is -0.363 e. The molecule has 0 spiro atoms. The van der Waals surface area contributed by atoms with Gasteiger partial charge in [-0.05, 0) is 39.4 Å². The Morgan fingerprint density at radius 1 is 1.36 bits per heavy atom. The highest BCUT2D eigenvalue weighted by Gasteiger charge is 2.23. The minimum absolute atomic E-state index is 0.314. The second-order valence-electron chi connectivity index (χ2n) is 4.53. The summed E-state index contributed by atoms with van der Waals surface area (Å²) in [5.74, 6) is 0. The molecule has 0 aromatic carbocycles. The van der Waals surface area contributed by atoms with E-state index in [0.29, 0.717) is 6.23 Å². The van der Waals surface area contributed by atoms with E-state index in [4.69, 9.17) is 4.74 Å². The largest absolute Gasteiger partial charge is 0.363 e. The number of piperidine rings is 1. The highest BCUT2D eigenvalue weighted by atomic mass is 16.5. The van der Waals surface area contributed by atoms with E-state index in [1.54, 1.807) is 0 Å². The van der Waals surface area contributed by atoms with Crippen molar-refractivity contribution in [2.75, 3.05) is 26.7 Å². The van der Waals surface area contributed by atoms with E-state index in [1.165, 1.54) is 25.8 Å². The summed E-state index contributed by atoms with van der Waals surface area (Å²) in [6, 6.07) is 0.736. The van der Waals surface area contributed by atoms with Crippen molar-refractivity contribution in [2.45, 2.75) is 44.4 Å². The van der Waals surface area contributed by atoms with Crippen LogP contribution in [0.5, 0.6) is 0 Å². The Bertz CT molecular complexity index is 169. The minimum atomic E-state index is 0.314. The Kier molecular flexibility index (Phi) is 3.79. The lowest BCUT2D eigenvalue weighted by Crippen LogP contribution is -2.45. The van der Waals surface area contributed by atoms with Crippen LogP contribution in [0.4, 0.5) is 0 Å². The summed E-state index contributed by atoms with van der Waals surface area (Å²) in [7, 11) is 2.24. The molecule has 3 heteroatoms. The van der Waals surface area contributed by atoms with Crippen molar-refractivity contribution in [3.8, 4) is 0 Å². The van der Waals surface area contributed by atoms with Crippen LogP contribution in [0.25, 0.3) is 0 Å². The van der Waals surface area contributed by atoms with E-state index < -0.39 is 0 Å². The van der Waals surface area contributed by atoms with Crippen molar-refractivity contribution in [1.82, 2.24) is 10.2 Å². The second kappa shape index (κ2) is 5.10. The molecule has 0 aromatic heterocycles. The molecule has 2 heterocycles. The van der Waals surface area contributed by atoms with E-state index in [0.717, 1.165) is 32.0 Å². The van der Waals surface area contributed by atoms with Gasteiger partial charge in [-0.15, -0.1) is 0 Å². The van der Waals surface area contributed by atoms with Crippen LogP contribution >= 0.6 is 0 Å². The first-order chi connectivity index (χ1) is 6.86. The molecule has 0 saturated carbocycles. The normalized spacial score (nSPS) is 35.8. The smallest absolute Gasteiger partial charge is 0.109 e. The predicted octanol–water partition coefficient (Wildman–Crippen LogP) is 1.20. The molecular formula is C11H22N2O. The molecule has 14 heavy (non-hydrogen) atoms. The third-order valence-corrected chi connectivity index (χ3v) is 3.42. The van der Waals surface area contributed by atoms with Crippen LogP contribution in [0, 0.1) is 0 Å². The van der Waals surface area contributed by atoms with Crippen LogP contribution < -0.4 is 5.32 Å². The van der Waals surface area contributed by atoms with Gasteiger partial charge in [-0.2, -0.15) is 0 Å². The average Bonchev–Trinajstić information content (AvgIpc) is 2.23. The van der Waals surface area contributed by atoms with Crippen molar-refractivity contribution in [3.05, 3.63) is 0 Å². The van der Waals surface area contributed by atoms with Crippen LogP contribution in [-0.2, 0) is 4.74 Å². The summed E-state index contributed by atoms with van der Waals surface area (Å²) in [5, 5.41) is 3.44. The first-order valence-corrected chi connectivity index (χ1v) is 5.91. The maximum Gasteiger partial charge on any atom is 0.109 e. The number of nitrogens with zero attached hydrogens (tertiary/aromatic N) is 1. The maximum atomic E-state index is 5.69. The molecule has 0 aliphatic carbocycles. The monoisotopic (exact) mass is 198 g/mol. The van der Waals surface area contributed by atoms with Crippen LogP contribution in [0.1, 0.15) is 32.1 Å². The number of hydrogen-bond donors (Lipinski definition) is 1. The molecule has 2 aliphatic heterocycles. The topological polar surface area (TPSA) is 24.5 Å². The van der Waals surface area contributed by atoms with Crippen molar-refractivity contribution < 1.29 is 4.74 Å². The summed E-state index contributed by atoms with van der Waals surface area (Å²) in [5.41, 5.74) is 0. The van der Waals surface area contributed by atoms with E-state index in [1.807, 2.05) is 0 Å². The van der Waals surface area contributed by atoms with Gasteiger partial charge in [0.25, 0.3) is 0 Å². The van der Waals surface area contributed by atoms with Gasteiger partial charge in [0, 0.05) is 19.1 Å². The Morgan fingerprint density at radius 2 is 2.29 bits per heavy atom. The van der Waals surface area contributed by atoms with Gasteiger partial charge >= 0.3 is 0 Å². The van der Waals surface area contributed by atoms with Crippen molar-refractivity contribution >= 4 is 0 Å². The molecule has 0 radical (unpaired) electrons. The zero-order chi connectivity index (χ0) is 9.80. The number of rotatable bonds is 2. The molecule has 2 aliphatic rings. The SMILES string of the molecule is CN1CCCCC1CC1NCCCO1. The van der Waals surface area contributed by atoms with Crippen LogP contribution in [0.3, 0.4) is 0 Å². The third kappa shape index (κ3) is 2.69. The summed E-state index contributed by atoms with van der Waals surface area (Å²) in [6.07, 6.45) is 6.74. The fourth-order valence-corrected chi connectivity index (χ4v) is 2.46. The molecule has 0 bridgehead atoms. The lowest BCUT2D eigenvalue weighted by molar-refractivity contribution is -0.0222.